The Bertz CT molecular complexity index is 733. The summed E-state index contributed by atoms with van der Waals surface area (Å²) in [7, 11) is -1.40. The lowest BCUT2D eigenvalue weighted by molar-refractivity contribution is 0.0164. The zero-order valence-corrected chi connectivity index (χ0v) is 19.9. The van der Waals surface area contributed by atoms with Crippen LogP contribution in [0.25, 0.3) is 0 Å². The van der Waals surface area contributed by atoms with Gasteiger partial charge in [-0.15, -0.1) is 5.54 Å². The van der Waals surface area contributed by atoms with Crippen LogP contribution in [0.1, 0.15) is 51.3 Å². The Morgan fingerprint density at radius 3 is 2.59 bits per heavy atom. The number of amides is 1. The number of aromatic nitrogens is 1. The monoisotopic (exact) mass is 416 g/mol. The van der Waals surface area contributed by atoms with Crippen LogP contribution in [0, 0.1) is 17.4 Å². The van der Waals surface area contributed by atoms with E-state index in [9.17, 15) is 4.79 Å². The highest BCUT2D eigenvalue weighted by Crippen LogP contribution is 2.22. The predicted molar refractivity (Wildman–Crippen MR) is 119 cm³/mol. The lowest BCUT2D eigenvalue weighted by Crippen LogP contribution is -2.41. The van der Waals surface area contributed by atoms with E-state index >= 15 is 0 Å². The highest BCUT2D eigenvalue weighted by Gasteiger charge is 2.26. The van der Waals surface area contributed by atoms with E-state index in [1.165, 1.54) is 0 Å². The Morgan fingerprint density at radius 2 is 1.97 bits per heavy atom. The summed E-state index contributed by atoms with van der Waals surface area (Å²) in [5.74, 6) is 3.80. The third kappa shape index (κ3) is 9.47. The molecular weight excluding hydrogens is 380 g/mol. The Hall–Kier alpha value is -1.84. The number of hydrogen-bond acceptors (Lipinski definition) is 4. The zero-order valence-electron chi connectivity index (χ0n) is 18.9. The summed E-state index contributed by atoms with van der Waals surface area (Å²) in [6.45, 7) is 15.2. The molecule has 5 nitrogen and oxygen atoms in total. The van der Waals surface area contributed by atoms with Gasteiger partial charge in [0.05, 0.1) is 6.61 Å². The first-order valence-electron chi connectivity index (χ1n) is 10.6. The van der Waals surface area contributed by atoms with E-state index in [0.717, 1.165) is 50.2 Å². The molecule has 0 aliphatic carbocycles. The van der Waals surface area contributed by atoms with Crippen molar-refractivity contribution in [2.45, 2.75) is 71.9 Å². The van der Waals surface area contributed by atoms with Crippen LogP contribution < -0.4 is 0 Å². The molecule has 0 N–H and O–H groups in total. The van der Waals surface area contributed by atoms with Crippen molar-refractivity contribution in [3.63, 3.8) is 0 Å². The minimum atomic E-state index is -1.40. The normalized spacial score (nSPS) is 15.6. The van der Waals surface area contributed by atoms with Crippen molar-refractivity contribution in [2.24, 2.45) is 5.92 Å². The smallest absolute Gasteiger partial charge is 0.410 e. The van der Waals surface area contributed by atoms with Crippen LogP contribution in [-0.4, -0.2) is 49.3 Å². The fourth-order valence-electron chi connectivity index (χ4n) is 3.05. The van der Waals surface area contributed by atoms with E-state index in [1.54, 1.807) is 6.20 Å². The standard InChI is InChI=1S/C23H36N2O3Si/c1-23(2,3)28-22(26)25-13-8-19(9-14-25)10-15-27-18-20-7-12-24-21(17-20)11-16-29(4,5)6/h7,12,17,19H,8-10,13-15,18H2,1-6H3. The van der Waals surface area contributed by atoms with E-state index in [4.69, 9.17) is 9.47 Å². The summed E-state index contributed by atoms with van der Waals surface area (Å²) in [4.78, 5) is 18.3. The summed E-state index contributed by atoms with van der Waals surface area (Å²) in [6.07, 6.45) is 4.65. The zero-order chi connectivity index (χ0) is 21.5. The molecule has 2 rings (SSSR count). The van der Waals surface area contributed by atoms with Crippen LogP contribution in [-0.2, 0) is 16.1 Å². The largest absolute Gasteiger partial charge is 0.444 e. The average molecular weight is 417 g/mol. The van der Waals surface area contributed by atoms with Crippen molar-refractivity contribution in [3.8, 4) is 11.5 Å². The second kappa shape index (κ2) is 10.3. The van der Waals surface area contributed by atoms with Crippen LogP contribution in [0.2, 0.25) is 19.6 Å². The second-order valence-electron chi connectivity index (χ2n) is 9.80. The van der Waals surface area contributed by atoms with Crippen LogP contribution in [0.5, 0.6) is 0 Å². The lowest BCUT2D eigenvalue weighted by Gasteiger charge is -2.33. The van der Waals surface area contributed by atoms with Gasteiger partial charge in [-0.25, -0.2) is 9.78 Å². The molecule has 0 saturated carbocycles. The number of pyridine rings is 1. The maximum absolute atomic E-state index is 12.1. The molecule has 1 saturated heterocycles. The Kier molecular flexibility index (Phi) is 8.30. The first-order valence-corrected chi connectivity index (χ1v) is 14.1. The number of ether oxygens (including phenoxy) is 2. The molecule has 29 heavy (non-hydrogen) atoms. The summed E-state index contributed by atoms with van der Waals surface area (Å²) < 4.78 is 11.3. The highest BCUT2D eigenvalue weighted by molar-refractivity contribution is 6.83. The van der Waals surface area contributed by atoms with Gasteiger partial charge in [-0.1, -0.05) is 25.6 Å². The van der Waals surface area contributed by atoms with E-state index in [2.05, 4.69) is 36.1 Å². The topological polar surface area (TPSA) is 51.7 Å². The molecule has 1 aliphatic heterocycles. The fourth-order valence-corrected chi connectivity index (χ4v) is 3.56. The SMILES string of the molecule is CC(C)(C)OC(=O)N1CCC(CCOCc2ccnc(C#C[Si](C)(C)C)c2)CC1. The number of hydrogen-bond donors (Lipinski definition) is 0. The number of nitrogens with zero attached hydrogens (tertiary/aromatic N) is 2. The number of carbonyl (C=O) groups excluding carboxylic acids is 1. The summed E-state index contributed by atoms with van der Waals surface area (Å²) in [6, 6.07) is 4.01. The fraction of sp³-hybridized carbons (Fsp3) is 0.652. The van der Waals surface area contributed by atoms with Crippen LogP contribution in [0.15, 0.2) is 18.3 Å². The lowest BCUT2D eigenvalue weighted by atomic mass is 9.94. The first-order chi connectivity index (χ1) is 13.5. The van der Waals surface area contributed by atoms with Gasteiger partial charge in [0.25, 0.3) is 0 Å². The van der Waals surface area contributed by atoms with Crippen molar-refractivity contribution < 1.29 is 14.3 Å². The van der Waals surface area contributed by atoms with Gasteiger partial charge in [-0.3, -0.25) is 0 Å². The van der Waals surface area contributed by atoms with Crippen molar-refractivity contribution >= 4 is 14.2 Å². The van der Waals surface area contributed by atoms with Crippen LogP contribution in [0.3, 0.4) is 0 Å². The average Bonchev–Trinajstić information content (AvgIpc) is 2.62. The first kappa shape index (κ1) is 23.4. The van der Waals surface area contributed by atoms with Crippen molar-refractivity contribution in [3.05, 3.63) is 29.6 Å². The van der Waals surface area contributed by atoms with Gasteiger partial charge in [0.15, 0.2) is 0 Å². The molecule has 0 atom stereocenters. The molecule has 0 aromatic carbocycles. The van der Waals surface area contributed by atoms with Crippen LogP contribution >= 0.6 is 0 Å². The van der Waals surface area contributed by atoms with Crippen LogP contribution in [0.4, 0.5) is 4.79 Å². The van der Waals surface area contributed by atoms with Gasteiger partial charge in [-0.05, 0) is 63.6 Å². The van der Waals surface area contributed by atoms with E-state index in [-0.39, 0.29) is 6.09 Å². The van der Waals surface area contributed by atoms with Crippen molar-refractivity contribution in [2.75, 3.05) is 19.7 Å². The van der Waals surface area contributed by atoms with Crippen molar-refractivity contribution in [1.29, 1.82) is 0 Å². The van der Waals surface area contributed by atoms with E-state index < -0.39 is 13.7 Å². The molecule has 160 valence electrons. The Morgan fingerprint density at radius 1 is 1.28 bits per heavy atom. The third-order valence-corrected chi connectivity index (χ3v) is 5.47. The second-order valence-corrected chi connectivity index (χ2v) is 14.6. The maximum atomic E-state index is 12.1. The molecule has 0 unspecified atom stereocenters. The molecule has 1 aromatic rings. The van der Waals surface area contributed by atoms with Gasteiger partial charge in [-0.2, -0.15) is 0 Å². The Balaban J connectivity index is 1.69. The van der Waals surface area contributed by atoms with Crippen molar-refractivity contribution in [1.82, 2.24) is 9.88 Å². The summed E-state index contributed by atoms with van der Waals surface area (Å²) in [5, 5.41) is 0. The molecule has 0 bridgehead atoms. The van der Waals surface area contributed by atoms with Gasteiger partial charge in [0, 0.05) is 25.9 Å². The molecule has 1 aromatic heterocycles. The molecule has 2 heterocycles. The quantitative estimate of drug-likeness (QED) is 0.391. The number of likely N-dealkylation sites (tertiary alicyclic amines) is 1. The van der Waals surface area contributed by atoms with Gasteiger partial charge in [0.2, 0.25) is 0 Å². The van der Waals surface area contributed by atoms with E-state index in [0.29, 0.717) is 12.5 Å². The molecule has 6 heteroatoms. The third-order valence-electron chi connectivity index (χ3n) is 4.60. The maximum Gasteiger partial charge on any atom is 0.410 e. The Labute approximate surface area is 177 Å². The van der Waals surface area contributed by atoms with Gasteiger partial charge in [0.1, 0.15) is 19.4 Å². The molecular formula is C23H36N2O3Si. The van der Waals surface area contributed by atoms with E-state index in [1.807, 2.05) is 37.8 Å². The molecule has 0 radical (unpaired) electrons. The van der Waals surface area contributed by atoms with Gasteiger partial charge < -0.3 is 14.4 Å². The minimum Gasteiger partial charge on any atom is -0.444 e. The number of carbonyl (C=O) groups is 1. The number of piperidine rings is 1. The molecule has 1 amide bonds. The summed E-state index contributed by atoms with van der Waals surface area (Å²) in [5.41, 5.74) is 4.85. The molecule has 0 spiro atoms. The van der Waals surface area contributed by atoms with Gasteiger partial charge >= 0.3 is 6.09 Å². The summed E-state index contributed by atoms with van der Waals surface area (Å²) >= 11 is 0. The predicted octanol–water partition coefficient (Wildman–Crippen LogP) is 4.86. The molecule has 1 aliphatic rings. The minimum absolute atomic E-state index is 0.196. The highest BCUT2D eigenvalue weighted by atomic mass is 28.3. The number of rotatable bonds is 5. The molecule has 1 fully saturated rings.